The van der Waals surface area contributed by atoms with Crippen molar-refractivity contribution in [1.82, 2.24) is 74.3 Å². The number of imidazole rings is 1. The van der Waals surface area contributed by atoms with Crippen molar-refractivity contribution < 1.29 is 252 Å². The van der Waals surface area contributed by atoms with E-state index in [1.165, 1.54) is 160 Å². The van der Waals surface area contributed by atoms with Gasteiger partial charge in [-0.3, -0.25) is 32.9 Å². The molecule has 50 heteroatoms. The van der Waals surface area contributed by atoms with Crippen LogP contribution in [0.2, 0.25) is 0 Å². The average molecular weight is 2280 g/mol. The number of aromatic amines is 1. The zero-order valence-corrected chi connectivity index (χ0v) is 89.9. The van der Waals surface area contributed by atoms with Crippen LogP contribution in [0.3, 0.4) is 0 Å². The number of ether oxygens (including phenoxy) is 8. The molecular weight excluding hydrogens is 2180 g/mol. The van der Waals surface area contributed by atoms with E-state index in [-0.39, 0.29) is 251 Å². The fourth-order valence-electron chi connectivity index (χ4n) is 10.2. The van der Waals surface area contributed by atoms with Crippen LogP contribution in [-0.4, -0.2) is 214 Å². The number of phenolic OH excluding ortho intramolecular Hbond substituents is 1. The second kappa shape index (κ2) is 74.2. The van der Waals surface area contributed by atoms with Crippen LogP contribution < -0.4 is 172 Å². The second-order valence-corrected chi connectivity index (χ2v) is 32.4. The van der Waals surface area contributed by atoms with Crippen molar-refractivity contribution in [1.29, 1.82) is 0 Å². The van der Waals surface area contributed by atoms with Gasteiger partial charge in [0.05, 0.1) is 87.5 Å². The van der Waals surface area contributed by atoms with E-state index in [1.54, 1.807) is 147 Å². The molecule has 0 saturated carbocycles. The molecule has 0 radical (unpaired) electrons. The van der Waals surface area contributed by atoms with Crippen LogP contribution in [-0.2, 0) is 64.4 Å². The van der Waals surface area contributed by atoms with Gasteiger partial charge in [0.1, 0.15) is 165 Å². The van der Waals surface area contributed by atoms with Crippen LogP contribution in [0.15, 0.2) is 298 Å². The van der Waals surface area contributed by atoms with Crippen LogP contribution in [0.5, 0.6) is 34.5 Å². The third kappa shape index (κ3) is 58.3. The first-order valence-corrected chi connectivity index (χ1v) is 44.9. The standard InChI is InChI=1S/C18H16FIN4O2.C12H13FN2O2.C11H11FN6O.C11H13FN4O.C10H12O4S.C9H9FO2.C7H5IO2.C6H5FO.C4H8O.C2H3N3.CH2O3.CH4.2K.Na.2H/c19-14-3-7-17(8-4-14)26-10-16(9-24-12-21-11-22-24)23-18(25)13-1-5-15(20)6-2-13;13-10-1-3-12(4-2-10)17-8-11(16)7-15-6-5-14-9-15;12-9-1-3-11(4-2-9)19-6-10(16-17-13)5-18-8-14-7-15-18;12-9-1-3-11(4-2-9)17-6-10(13)5-16-8-14-7-15-16;1-8-2-4-10(5-3-8)15(11,12)14-7-9-6-13-9;10-7-1-3-8(4-2-7)11-5-9-6-12-9;8-6-3-1-5(2-4-6)7(9)10;7-5-1-3-6(8)4-2-5;1-2-4-5-3-1;1-3-2-5-4-1;2-1-4-3;;;;;;/h1-8,11-12,16H,9-10H2,(H,23,25);1-6,9,11,16H,7-8H2;1-4,7-8,10H,5-6H2;1-4,7-8,10H,5-6,13H2;2-5,9H,6-7H2,1H3;1-4,9H,5-6H2;1-4H,(H,9,10);1-4,8H;1-4H2;1-2H,(H,3,4,5);1,3H;1H4;;;;;/q;;;;;;;;;;;;3*+1;2*-1/p-1/t16-;11-;2*10-;;9-;;;;;;;;;;;/m1011.1.........../s1. The Kier molecular flexibility index (Phi) is 66.0. The maximum Gasteiger partial charge on any atom is 1.00 e. The molecule has 1 amide bonds. The van der Waals surface area contributed by atoms with Gasteiger partial charge in [0, 0.05) is 43.2 Å². The molecule has 3 fully saturated rings. The Labute approximate surface area is 951 Å². The maximum atomic E-state index is 13.0. The van der Waals surface area contributed by atoms with Crippen LogP contribution in [0, 0.1) is 49.0 Å². The predicted molar refractivity (Wildman–Crippen MR) is 510 cm³/mol. The van der Waals surface area contributed by atoms with Crippen molar-refractivity contribution in [2.24, 2.45) is 10.8 Å². The van der Waals surface area contributed by atoms with Gasteiger partial charge < -0.3 is 81.8 Å². The molecule has 8 heterocycles. The number of nitrogens with one attached hydrogen (secondary N) is 2. The molecule has 5 aromatic heterocycles. The number of azide groups is 1. The third-order valence-corrected chi connectivity index (χ3v) is 19.9. The minimum atomic E-state index is -3.61. The number of H-pyrrole nitrogens is 1. The number of phenols is 1. The van der Waals surface area contributed by atoms with E-state index in [2.05, 4.69) is 116 Å². The summed E-state index contributed by atoms with van der Waals surface area (Å²) in [4.78, 5) is 56.0. The molecule has 7 N–H and O–H groups in total. The second-order valence-electron chi connectivity index (χ2n) is 28.3. The zero-order valence-electron chi connectivity index (χ0n) is 78.5. The first-order chi connectivity index (χ1) is 66.7. The molecule has 14 aromatic rings. The van der Waals surface area contributed by atoms with Gasteiger partial charge in [-0.2, -0.15) is 28.8 Å². The number of aryl methyl sites for hydroxylation is 1. The van der Waals surface area contributed by atoms with Gasteiger partial charge in [-0.05, 0) is 277 Å². The van der Waals surface area contributed by atoms with Crippen molar-refractivity contribution in [2.75, 3.05) is 66.1 Å². The number of epoxide rings is 2. The van der Waals surface area contributed by atoms with Gasteiger partial charge in [0.25, 0.3) is 22.5 Å². The van der Waals surface area contributed by atoms with E-state index in [9.17, 15) is 49.5 Å². The monoisotopic (exact) mass is 2280 g/mol. The Bertz CT molecular complexity index is 5670. The van der Waals surface area contributed by atoms with Crippen molar-refractivity contribution in [2.45, 2.75) is 94.7 Å². The number of benzene rings is 9. The predicted octanol–water partition coefficient (Wildman–Crippen LogP) is 4.49. The molecule has 0 aliphatic carbocycles. The fraction of sp³-hybridized carbons (Fsp3) is 0.261. The van der Waals surface area contributed by atoms with Crippen molar-refractivity contribution in [3.63, 3.8) is 0 Å². The summed E-state index contributed by atoms with van der Waals surface area (Å²) < 4.78 is 154. The number of amides is 1. The van der Waals surface area contributed by atoms with Crippen molar-refractivity contribution >= 4 is 73.6 Å². The summed E-state index contributed by atoms with van der Waals surface area (Å²) in [5, 5.41) is 59.7. The van der Waals surface area contributed by atoms with Gasteiger partial charge in [-0.1, -0.05) is 30.2 Å². The van der Waals surface area contributed by atoms with E-state index >= 15 is 0 Å². The summed E-state index contributed by atoms with van der Waals surface area (Å²) in [6.45, 7) is 8.35. The topological polar surface area (TPSA) is 506 Å². The molecule has 38 nitrogen and oxygen atoms in total. The molecule has 142 heavy (non-hydrogen) atoms. The molecule has 3 aliphatic heterocycles. The number of halogens is 8. The number of hydrogen-bond acceptors (Lipinski definition) is 29. The summed E-state index contributed by atoms with van der Waals surface area (Å²) in [5.41, 5.74) is 16.3. The number of carbonyl (C=O) groups is 3. The van der Waals surface area contributed by atoms with E-state index in [0.29, 0.717) is 85.9 Å². The largest absolute Gasteiger partial charge is 1.00 e. The van der Waals surface area contributed by atoms with E-state index in [1.807, 2.05) is 19.1 Å². The number of aliphatic hydroxyl groups excluding tert-OH is 1. The number of rotatable bonds is 32. The molecular formula is C92H102F6I2K2N19NaO19S. The van der Waals surface area contributed by atoms with Gasteiger partial charge in [-0.25, -0.2) is 56.1 Å². The Morgan fingerprint density at radius 1 is 0.585 bits per heavy atom. The first-order valence-electron chi connectivity index (χ1n) is 41.3. The Hall–Kier alpha value is -9.75. The zero-order chi connectivity index (χ0) is 99.3. The van der Waals surface area contributed by atoms with Gasteiger partial charge >= 0.3 is 138 Å². The maximum absolute atomic E-state index is 13.0. The van der Waals surface area contributed by atoms with Gasteiger partial charge in [0.15, 0.2) is 0 Å². The first kappa shape index (κ1) is 126. The Balaban J connectivity index is 0.000000814. The average Bonchev–Trinajstić information content (AvgIpc) is 1.50. The Morgan fingerprint density at radius 3 is 1.37 bits per heavy atom. The molecule has 0 bridgehead atoms. The van der Waals surface area contributed by atoms with E-state index in [4.69, 9.17) is 73.6 Å². The number of carboxylic acids is 1. The number of nitrogens with zero attached hydrogens (tertiary/aromatic N) is 16. The molecule has 0 spiro atoms. The number of aromatic carboxylic acids is 1. The molecule has 1 unspecified atom stereocenters. The molecule has 744 valence electrons. The Morgan fingerprint density at radius 2 is 1.00 bits per heavy atom. The van der Waals surface area contributed by atoms with Crippen LogP contribution in [0.25, 0.3) is 10.4 Å². The minimum absolute atomic E-state index is 0. The summed E-state index contributed by atoms with van der Waals surface area (Å²) in [6.07, 6.45) is 19.1. The summed E-state index contributed by atoms with van der Waals surface area (Å²) in [7, 11) is -3.61. The smallest absolute Gasteiger partial charge is 1.00 e. The fourth-order valence-corrected chi connectivity index (χ4v) is 11.9. The van der Waals surface area contributed by atoms with E-state index in [0.717, 1.165) is 32.5 Å². The molecule has 9 aromatic carbocycles. The molecule has 17 rings (SSSR count). The molecule has 6 atom stereocenters. The van der Waals surface area contributed by atoms with Crippen molar-refractivity contribution in [3.8, 4) is 34.5 Å². The summed E-state index contributed by atoms with van der Waals surface area (Å²) in [5.74, 6) is 0.0376. The van der Waals surface area contributed by atoms with E-state index < -0.39 is 28.2 Å². The number of nitrogens with two attached hydrogens (primary N) is 1. The number of aromatic nitrogens is 14. The molecule has 3 saturated heterocycles. The SMILES string of the molecule is C.C1CCOC1.Cc1ccc(S(=O)(=O)OCC2CO2)cc1.Fc1ccc(OC[C@@H]2CO2)cc1.N[C@@H](COc1ccc(F)cc1)Cn1cncn1.O=C(N[C@@H](COc1ccc(F)cc1)Cn1cncn1)c1ccc(I)cc1.O=C(O)c1ccc(I)cc1.O=CO[O-].O[C@H](COc1ccc(F)cc1)Cn1ccnc1.Oc1ccc(F)cc1.[H-].[H-].[K+].[K+].[N-]=[N+]=N[C@@H](COc1ccc(F)cc1)Cn1cncn1.[Na+].c1nc[nH]n1. The number of hydrogen-bond donors (Lipinski definition) is 6. The summed E-state index contributed by atoms with van der Waals surface area (Å²) >= 11 is 4.31. The third-order valence-electron chi connectivity index (χ3n) is 17.2. The van der Waals surface area contributed by atoms with Gasteiger partial charge in [-0.15, -0.1) is 0 Å². The molecule has 3 aliphatic rings. The number of aliphatic hydroxyl groups is 1. The van der Waals surface area contributed by atoms with Crippen LogP contribution in [0.1, 0.15) is 49.4 Å². The van der Waals surface area contributed by atoms with Gasteiger partial charge in [0.2, 0.25) is 0 Å². The number of carboxylic acid groups (broad SMARTS) is 1. The number of aromatic hydroxyl groups is 1. The normalized spacial score (nSPS) is 13.0. The minimum Gasteiger partial charge on any atom is -1.00 e. The number of carbonyl (C=O) groups excluding carboxylic acids is 2. The quantitative estimate of drug-likeness (QED) is 0.00289. The van der Waals surface area contributed by atoms with Crippen LogP contribution >= 0.6 is 45.2 Å². The van der Waals surface area contributed by atoms with Crippen LogP contribution in [0.4, 0.5) is 26.3 Å². The van der Waals surface area contributed by atoms with Crippen molar-refractivity contribution in [3.05, 3.63) is 357 Å². The summed E-state index contributed by atoms with van der Waals surface area (Å²) in [6, 6.07) is 53.5.